The fraction of sp³-hybridized carbons (Fsp3) is 0.500. The predicted molar refractivity (Wildman–Crippen MR) is 72.3 cm³/mol. The van der Waals surface area contributed by atoms with Gasteiger partial charge in [0.2, 0.25) is 0 Å². The number of benzene rings is 1. The summed E-state index contributed by atoms with van der Waals surface area (Å²) in [6.45, 7) is 4.24. The summed E-state index contributed by atoms with van der Waals surface area (Å²) >= 11 is 0. The number of nitrogens with two attached hydrogens (primary N) is 2. The lowest BCUT2D eigenvalue weighted by atomic mass is 9.98. The van der Waals surface area contributed by atoms with Gasteiger partial charge in [0.05, 0.1) is 0 Å². The zero-order chi connectivity index (χ0) is 13.5. The fourth-order valence-electron chi connectivity index (χ4n) is 1.87. The molecule has 18 heavy (non-hydrogen) atoms. The van der Waals surface area contributed by atoms with Crippen molar-refractivity contribution in [2.24, 2.45) is 17.4 Å². The number of hydrogen-bond donors (Lipinski definition) is 2. The van der Waals surface area contributed by atoms with Crippen LogP contribution < -0.4 is 16.2 Å². The Bertz CT molecular complexity index is 374. The second-order valence-corrected chi connectivity index (χ2v) is 4.99. The molecule has 4 nitrogen and oxygen atoms in total. The lowest BCUT2D eigenvalue weighted by Crippen LogP contribution is -2.24. The van der Waals surface area contributed by atoms with Crippen molar-refractivity contribution in [2.75, 3.05) is 6.61 Å². The lowest BCUT2D eigenvalue weighted by Gasteiger charge is -2.14. The van der Waals surface area contributed by atoms with Crippen molar-refractivity contribution in [1.29, 1.82) is 0 Å². The first-order valence-corrected chi connectivity index (χ1v) is 6.23. The molecule has 0 aliphatic carbocycles. The van der Waals surface area contributed by atoms with Crippen molar-refractivity contribution in [1.82, 2.24) is 0 Å². The number of hydrogen-bond acceptors (Lipinski definition) is 3. The SMILES string of the molecule is CC(C)CC(N)Cc1ccc(OCC(N)=O)cc1. The van der Waals surface area contributed by atoms with Gasteiger partial charge < -0.3 is 16.2 Å². The molecule has 1 amide bonds. The molecule has 1 aromatic rings. The van der Waals surface area contributed by atoms with Crippen LogP contribution in [0.25, 0.3) is 0 Å². The summed E-state index contributed by atoms with van der Waals surface area (Å²) < 4.78 is 5.19. The molecule has 0 bridgehead atoms. The van der Waals surface area contributed by atoms with Gasteiger partial charge in [-0.25, -0.2) is 0 Å². The lowest BCUT2D eigenvalue weighted by molar-refractivity contribution is -0.119. The fourth-order valence-corrected chi connectivity index (χ4v) is 1.87. The van der Waals surface area contributed by atoms with Gasteiger partial charge in [-0.15, -0.1) is 0 Å². The van der Waals surface area contributed by atoms with Crippen LogP contribution in [0.5, 0.6) is 5.75 Å². The molecule has 4 heteroatoms. The van der Waals surface area contributed by atoms with E-state index in [-0.39, 0.29) is 12.6 Å². The highest BCUT2D eigenvalue weighted by Gasteiger charge is 2.07. The summed E-state index contributed by atoms with van der Waals surface area (Å²) in [6, 6.07) is 7.79. The van der Waals surface area contributed by atoms with Crippen molar-refractivity contribution in [3.8, 4) is 5.75 Å². The first-order chi connectivity index (χ1) is 8.47. The van der Waals surface area contributed by atoms with E-state index in [2.05, 4.69) is 13.8 Å². The maximum atomic E-state index is 10.6. The molecule has 0 saturated carbocycles. The Kier molecular flexibility index (Phi) is 5.65. The number of carbonyl (C=O) groups is 1. The quantitative estimate of drug-likeness (QED) is 0.769. The van der Waals surface area contributed by atoms with Gasteiger partial charge in [0.25, 0.3) is 5.91 Å². The Morgan fingerprint density at radius 2 is 1.89 bits per heavy atom. The molecule has 0 radical (unpaired) electrons. The molecule has 0 heterocycles. The summed E-state index contributed by atoms with van der Waals surface area (Å²) in [5.74, 6) is 0.784. The van der Waals surface area contributed by atoms with Crippen LogP contribution in [0.2, 0.25) is 0 Å². The topological polar surface area (TPSA) is 78.3 Å². The van der Waals surface area contributed by atoms with Crippen LogP contribution in [0.3, 0.4) is 0 Å². The molecule has 0 aliphatic rings. The minimum atomic E-state index is -0.474. The standard InChI is InChI=1S/C14H22N2O2/c1-10(2)7-12(15)8-11-3-5-13(6-4-11)18-9-14(16)17/h3-6,10,12H,7-9,15H2,1-2H3,(H2,16,17). The van der Waals surface area contributed by atoms with Crippen molar-refractivity contribution in [3.63, 3.8) is 0 Å². The Hall–Kier alpha value is -1.55. The summed E-state index contributed by atoms with van der Waals surface area (Å²) in [5.41, 5.74) is 12.2. The first kappa shape index (κ1) is 14.5. The third-order valence-corrected chi connectivity index (χ3v) is 2.58. The van der Waals surface area contributed by atoms with Gasteiger partial charge in [0.15, 0.2) is 6.61 Å². The van der Waals surface area contributed by atoms with Gasteiger partial charge in [-0.05, 0) is 36.5 Å². The number of amides is 1. The van der Waals surface area contributed by atoms with Gasteiger partial charge >= 0.3 is 0 Å². The smallest absolute Gasteiger partial charge is 0.255 e. The van der Waals surface area contributed by atoms with Gasteiger partial charge in [0, 0.05) is 6.04 Å². The van der Waals surface area contributed by atoms with Crippen LogP contribution in [-0.4, -0.2) is 18.6 Å². The summed E-state index contributed by atoms with van der Waals surface area (Å²) in [4.78, 5) is 10.6. The molecule has 1 atom stereocenters. The molecule has 100 valence electrons. The van der Waals surface area contributed by atoms with Gasteiger partial charge in [-0.2, -0.15) is 0 Å². The Balaban J connectivity index is 2.47. The molecule has 0 spiro atoms. The van der Waals surface area contributed by atoms with Crippen molar-refractivity contribution in [3.05, 3.63) is 29.8 Å². The third-order valence-electron chi connectivity index (χ3n) is 2.58. The van der Waals surface area contributed by atoms with Crippen LogP contribution in [0.15, 0.2) is 24.3 Å². The van der Waals surface area contributed by atoms with E-state index in [4.69, 9.17) is 16.2 Å². The monoisotopic (exact) mass is 250 g/mol. The van der Waals surface area contributed by atoms with E-state index in [1.54, 1.807) is 0 Å². The molecule has 1 rings (SSSR count). The number of primary amides is 1. The summed E-state index contributed by atoms with van der Waals surface area (Å²) in [5, 5.41) is 0. The van der Waals surface area contributed by atoms with E-state index in [0.29, 0.717) is 11.7 Å². The molecular formula is C14H22N2O2. The minimum absolute atomic E-state index is 0.0911. The van der Waals surface area contributed by atoms with Crippen LogP contribution >= 0.6 is 0 Å². The van der Waals surface area contributed by atoms with Gasteiger partial charge in [0.1, 0.15) is 5.75 Å². The highest BCUT2D eigenvalue weighted by Crippen LogP contribution is 2.14. The Morgan fingerprint density at radius 1 is 1.28 bits per heavy atom. The Morgan fingerprint density at radius 3 is 2.39 bits per heavy atom. The molecule has 1 aromatic carbocycles. The van der Waals surface area contributed by atoms with E-state index in [9.17, 15) is 4.79 Å². The van der Waals surface area contributed by atoms with Gasteiger partial charge in [-0.3, -0.25) is 4.79 Å². The Labute approximate surface area is 108 Å². The molecule has 0 saturated heterocycles. The maximum Gasteiger partial charge on any atom is 0.255 e. The van der Waals surface area contributed by atoms with Crippen LogP contribution in [0.4, 0.5) is 0 Å². The summed E-state index contributed by atoms with van der Waals surface area (Å²) in [7, 11) is 0. The van der Waals surface area contributed by atoms with E-state index < -0.39 is 5.91 Å². The van der Waals surface area contributed by atoms with E-state index >= 15 is 0 Å². The molecular weight excluding hydrogens is 228 g/mol. The van der Waals surface area contributed by atoms with E-state index in [1.807, 2.05) is 24.3 Å². The molecule has 0 aliphatic heterocycles. The van der Waals surface area contributed by atoms with Crippen LogP contribution in [0.1, 0.15) is 25.8 Å². The zero-order valence-corrected chi connectivity index (χ0v) is 11.1. The molecule has 4 N–H and O–H groups in total. The number of ether oxygens (including phenoxy) is 1. The minimum Gasteiger partial charge on any atom is -0.484 e. The molecule has 0 fully saturated rings. The predicted octanol–water partition coefficient (Wildman–Crippen LogP) is 1.47. The first-order valence-electron chi connectivity index (χ1n) is 6.23. The highest BCUT2D eigenvalue weighted by molar-refractivity contribution is 5.75. The zero-order valence-electron chi connectivity index (χ0n) is 11.1. The third kappa shape index (κ3) is 5.68. The molecule has 0 aromatic heterocycles. The van der Waals surface area contributed by atoms with Crippen molar-refractivity contribution in [2.45, 2.75) is 32.7 Å². The highest BCUT2D eigenvalue weighted by atomic mass is 16.5. The largest absolute Gasteiger partial charge is 0.484 e. The number of rotatable bonds is 7. The van der Waals surface area contributed by atoms with E-state index in [1.165, 1.54) is 5.56 Å². The van der Waals surface area contributed by atoms with Crippen molar-refractivity contribution < 1.29 is 9.53 Å². The van der Waals surface area contributed by atoms with Gasteiger partial charge in [-0.1, -0.05) is 26.0 Å². The van der Waals surface area contributed by atoms with E-state index in [0.717, 1.165) is 12.8 Å². The van der Waals surface area contributed by atoms with Crippen LogP contribution in [0, 0.1) is 5.92 Å². The maximum absolute atomic E-state index is 10.6. The van der Waals surface area contributed by atoms with Crippen molar-refractivity contribution >= 4 is 5.91 Å². The van der Waals surface area contributed by atoms with Crippen LogP contribution in [-0.2, 0) is 11.2 Å². The summed E-state index contributed by atoms with van der Waals surface area (Å²) in [6.07, 6.45) is 1.87. The number of carbonyl (C=O) groups excluding carboxylic acids is 1. The molecule has 1 unspecified atom stereocenters. The average Bonchev–Trinajstić information content (AvgIpc) is 2.26. The second-order valence-electron chi connectivity index (χ2n) is 4.99. The second kappa shape index (κ2) is 7.01. The average molecular weight is 250 g/mol. The normalized spacial score (nSPS) is 12.4.